The predicted octanol–water partition coefficient (Wildman–Crippen LogP) is 3.24. The fourth-order valence-electron chi connectivity index (χ4n) is 2.93. The highest BCUT2D eigenvalue weighted by Gasteiger charge is 2.38. The second-order valence-electron chi connectivity index (χ2n) is 7.46. The number of pyridine rings is 1. The molecule has 2 amide bonds. The van der Waals surface area contributed by atoms with Crippen LogP contribution >= 0.6 is 11.6 Å². The van der Waals surface area contributed by atoms with E-state index in [-0.39, 0.29) is 23.5 Å². The maximum absolute atomic E-state index is 13.8. The highest BCUT2D eigenvalue weighted by atomic mass is 35.5. The van der Waals surface area contributed by atoms with Crippen molar-refractivity contribution in [3.8, 4) is 5.88 Å². The van der Waals surface area contributed by atoms with Gasteiger partial charge in [-0.1, -0.05) is 11.6 Å². The molecule has 0 aromatic carbocycles. The van der Waals surface area contributed by atoms with Crippen molar-refractivity contribution >= 4 is 23.6 Å². The number of aromatic nitrogens is 1. The Morgan fingerprint density at radius 3 is 2.70 bits per heavy atom. The number of carbonyl (C=O) groups excluding carboxylic acids is 2. The number of carbonyl (C=O) groups is 2. The van der Waals surface area contributed by atoms with E-state index in [1.165, 1.54) is 23.0 Å². The van der Waals surface area contributed by atoms with Gasteiger partial charge in [0.2, 0.25) is 11.8 Å². The van der Waals surface area contributed by atoms with E-state index in [1.807, 2.05) is 0 Å². The molecule has 0 N–H and O–H groups in total. The molecule has 27 heavy (non-hydrogen) atoms. The fourth-order valence-corrected chi connectivity index (χ4v) is 3.06. The van der Waals surface area contributed by atoms with Crippen LogP contribution in [0.25, 0.3) is 0 Å². The van der Waals surface area contributed by atoms with Crippen molar-refractivity contribution in [1.29, 1.82) is 0 Å². The van der Waals surface area contributed by atoms with Gasteiger partial charge in [0.15, 0.2) is 11.0 Å². The molecule has 1 aliphatic rings. The van der Waals surface area contributed by atoms with E-state index in [0.717, 1.165) is 0 Å². The number of halogens is 2. The summed E-state index contributed by atoms with van der Waals surface area (Å²) in [7, 11) is 2.98. The van der Waals surface area contributed by atoms with Crippen molar-refractivity contribution in [3.63, 3.8) is 0 Å². The standard InChI is InChI=1S/C18H25ClFN3O4/c1-18(2,3)27-17(25)23-8-6-7-13(23)16(24)22(4)10-11-9-12(20)14(19)21-15(11)26-5/h9,13H,6-8,10H2,1-5H3. The lowest BCUT2D eigenvalue weighted by atomic mass is 10.1. The van der Waals surface area contributed by atoms with Crippen LogP contribution in [-0.4, -0.2) is 59.1 Å². The maximum Gasteiger partial charge on any atom is 0.410 e. The first-order chi connectivity index (χ1) is 12.5. The minimum absolute atomic E-state index is 0.0712. The van der Waals surface area contributed by atoms with E-state index in [2.05, 4.69) is 4.98 Å². The van der Waals surface area contributed by atoms with Crippen LogP contribution in [0.4, 0.5) is 9.18 Å². The number of methoxy groups -OCH3 is 1. The van der Waals surface area contributed by atoms with Crippen molar-refractivity contribution in [1.82, 2.24) is 14.8 Å². The molecule has 9 heteroatoms. The van der Waals surface area contributed by atoms with Crippen LogP contribution in [0.2, 0.25) is 5.15 Å². The molecule has 0 bridgehead atoms. The zero-order valence-corrected chi connectivity index (χ0v) is 17.0. The van der Waals surface area contributed by atoms with Crippen molar-refractivity contribution in [2.45, 2.75) is 51.8 Å². The minimum Gasteiger partial charge on any atom is -0.481 e. The first kappa shape index (κ1) is 21.2. The highest BCUT2D eigenvalue weighted by Crippen LogP contribution is 2.26. The van der Waals surface area contributed by atoms with Crippen LogP contribution in [-0.2, 0) is 16.1 Å². The summed E-state index contributed by atoms with van der Waals surface area (Å²) < 4.78 is 24.3. The van der Waals surface area contributed by atoms with Crippen LogP contribution < -0.4 is 4.74 Å². The van der Waals surface area contributed by atoms with Gasteiger partial charge in [-0.2, -0.15) is 4.98 Å². The van der Waals surface area contributed by atoms with E-state index in [9.17, 15) is 14.0 Å². The summed E-state index contributed by atoms with van der Waals surface area (Å²) in [5.41, 5.74) is -0.254. The van der Waals surface area contributed by atoms with Gasteiger partial charge in [-0.05, 0) is 39.7 Å². The minimum atomic E-state index is -0.690. The first-order valence-corrected chi connectivity index (χ1v) is 9.04. The van der Waals surface area contributed by atoms with Gasteiger partial charge < -0.3 is 14.4 Å². The number of hydrogen-bond donors (Lipinski definition) is 0. The van der Waals surface area contributed by atoms with Gasteiger partial charge in [0.1, 0.15) is 11.6 Å². The fraction of sp³-hybridized carbons (Fsp3) is 0.611. The molecule has 2 heterocycles. The van der Waals surface area contributed by atoms with Crippen LogP contribution in [0, 0.1) is 5.82 Å². The monoisotopic (exact) mass is 401 g/mol. The van der Waals surface area contributed by atoms with E-state index < -0.39 is 23.6 Å². The molecule has 1 saturated heterocycles. The highest BCUT2D eigenvalue weighted by molar-refractivity contribution is 6.29. The largest absolute Gasteiger partial charge is 0.481 e. The normalized spacial score (nSPS) is 17.0. The van der Waals surface area contributed by atoms with Gasteiger partial charge in [-0.25, -0.2) is 9.18 Å². The quantitative estimate of drug-likeness (QED) is 0.724. The number of hydrogen-bond acceptors (Lipinski definition) is 5. The lowest BCUT2D eigenvalue weighted by Crippen LogP contribution is -2.47. The lowest BCUT2D eigenvalue weighted by molar-refractivity contribution is -0.135. The third-order valence-electron chi connectivity index (χ3n) is 4.12. The molecular formula is C18H25ClFN3O4. The molecule has 1 fully saturated rings. The summed E-state index contributed by atoms with van der Waals surface area (Å²) in [5, 5.41) is -0.295. The smallest absolute Gasteiger partial charge is 0.410 e. The number of ether oxygens (including phenoxy) is 2. The summed E-state index contributed by atoms with van der Waals surface area (Å²) >= 11 is 5.67. The average Bonchev–Trinajstić information content (AvgIpc) is 3.05. The van der Waals surface area contributed by atoms with Gasteiger partial charge in [0.05, 0.1) is 13.7 Å². The molecular weight excluding hydrogens is 377 g/mol. The van der Waals surface area contributed by atoms with E-state index in [4.69, 9.17) is 21.1 Å². The SMILES string of the molecule is COc1nc(Cl)c(F)cc1CN(C)C(=O)C1CCCN1C(=O)OC(C)(C)C. The molecule has 1 aromatic rings. The molecule has 150 valence electrons. The molecule has 0 radical (unpaired) electrons. The summed E-state index contributed by atoms with van der Waals surface area (Å²) in [4.78, 5) is 31.9. The Hall–Kier alpha value is -2.09. The molecule has 2 rings (SSSR count). The van der Waals surface area contributed by atoms with Gasteiger partial charge >= 0.3 is 6.09 Å². The molecule has 1 unspecified atom stereocenters. The van der Waals surface area contributed by atoms with Gasteiger partial charge in [0.25, 0.3) is 0 Å². The van der Waals surface area contributed by atoms with Crippen molar-refractivity contribution in [2.24, 2.45) is 0 Å². The summed E-state index contributed by atoms with van der Waals surface area (Å²) in [6, 6.07) is 0.582. The number of likely N-dealkylation sites (tertiary alicyclic amines) is 1. The van der Waals surface area contributed by atoms with Gasteiger partial charge in [-0.3, -0.25) is 9.69 Å². The summed E-state index contributed by atoms with van der Waals surface area (Å²) in [5.74, 6) is -0.795. The number of likely N-dealkylation sites (N-methyl/N-ethyl adjacent to an activating group) is 1. The maximum atomic E-state index is 13.8. The second kappa shape index (κ2) is 8.29. The van der Waals surface area contributed by atoms with Crippen molar-refractivity contribution in [2.75, 3.05) is 20.7 Å². The Kier molecular flexibility index (Phi) is 6.51. The molecule has 0 saturated carbocycles. The lowest BCUT2D eigenvalue weighted by Gasteiger charge is -2.30. The van der Waals surface area contributed by atoms with E-state index in [1.54, 1.807) is 27.8 Å². The number of rotatable bonds is 4. The molecule has 0 spiro atoms. The second-order valence-corrected chi connectivity index (χ2v) is 7.81. The summed E-state index contributed by atoms with van der Waals surface area (Å²) in [6.07, 6.45) is 0.750. The Bertz CT molecular complexity index is 723. The Morgan fingerprint density at radius 1 is 1.44 bits per heavy atom. The number of nitrogens with zero attached hydrogens (tertiary/aromatic N) is 3. The van der Waals surface area contributed by atoms with E-state index in [0.29, 0.717) is 24.9 Å². The number of amides is 2. The van der Waals surface area contributed by atoms with Crippen LogP contribution in [0.15, 0.2) is 6.07 Å². The van der Waals surface area contributed by atoms with Crippen LogP contribution in [0.5, 0.6) is 5.88 Å². The first-order valence-electron chi connectivity index (χ1n) is 8.67. The molecule has 7 nitrogen and oxygen atoms in total. The van der Waals surface area contributed by atoms with Crippen LogP contribution in [0.3, 0.4) is 0 Å². The molecule has 1 aromatic heterocycles. The van der Waals surface area contributed by atoms with Crippen molar-refractivity contribution < 1.29 is 23.5 Å². The summed E-state index contributed by atoms with van der Waals surface area (Å²) in [6.45, 7) is 5.86. The molecule has 1 atom stereocenters. The van der Waals surface area contributed by atoms with E-state index >= 15 is 0 Å². The topological polar surface area (TPSA) is 72.0 Å². The predicted molar refractivity (Wildman–Crippen MR) is 98.2 cm³/mol. The molecule has 1 aliphatic heterocycles. The van der Waals surface area contributed by atoms with Gasteiger partial charge in [0, 0.05) is 19.2 Å². The third-order valence-corrected chi connectivity index (χ3v) is 4.38. The molecule has 0 aliphatic carbocycles. The average molecular weight is 402 g/mol. The Morgan fingerprint density at radius 2 is 2.11 bits per heavy atom. The zero-order valence-electron chi connectivity index (χ0n) is 16.2. The third kappa shape index (κ3) is 5.22. The van der Waals surface area contributed by atoms with Crippen LogP contribution in [0.1, 0.15) is 39.2 Å². The van der Waals surface area contributed by atoms with Gasteiger partial charge in [-0.15, -0.1) is 0 Å². The Labute approximate surface area is 163 Å². The van der Waals surface area contributed by atoms with Crippen molar-refractivity contribution in [3.05, 3.63) is 22.6 Å². The Balaban J connectivity index is 2.12. The zero-order chi connectivity index (χ0) is 20.4.